The lowest BCUT2D eigenvalue weighted by molar-refractivity contribution is -0.132. The van der Waals surface area contributed by atoms with Gasteiger partial charge in [-0.3, -0.25) is 9.59 Å². The number of carbonyl (C=O) groups excluding carboxylic acids is 2. The van der Waals surface area contributed by atoms with Crippen LogP contribution in [0.3, 0.4) is 0 Å². The first-order valence-corrected chi connectivity index (χ1v) is 6.09. The van der Waals surface area contributed by atoms with Gasteiger partial charge in [0, 0.05) is 12.2 Å². The van der Waals surface area contributed by atoms with Crippen molar-refractivity contribution in [2.45, 2.75) is 19.8 Å². The number of ether oxygens (including phenoxy) is 1. The smallest absolute Gasteiger partial charge is 0.237 e. The van der Waals surface area contributed by atoms with E-state index in [-0.39, 0.29) is 11.7 Å². The average molecular weight is 247 g/mol. The van der Waals surface area contributed by atoms with Crippen molar-refractivity contribution in [2.75, 3.05) is 18.6 Å². The molecule has 1 aromatic carbocycles. The first kappa shape index (κ1) is 12.6. The third-order valence-corrected chi connectivity index (χ3v) is 3.31. The van der Waals surface area contributed by atoms with E-state index in [1.165, 1.54) is 6.92 Å². The minimum absolute atomic E-state index is 0.0433. The van der Waals surface area contributed by atoms with Gasteiger partial charge in [-0.05, 0) is 44.0 Å². The van der Waals surface area contributed by atoms with E-state index in [4.69, 9.17) is 4.74 Å². The zero-order valence-corrected chi connectivity index (χ0v) is 10.7. The maximum Gasteiger partial charge on any atom is 0.237 e. The van der Waals surface area contributed by atoms with Crippen molar-refractivity contribution in [1.82, 2.24) is 0 Å². The van der Waals surface area contributed by atoms with Crippen LogP contribution in [0.15, 0.2) is 24.3 Å². The van der Waals surface area contributed by atoms with Crippen LogP contribution in [0.2, 0.25) is 0 Å². The standard InChI is InChI=1S/C14H17NO3/c1-10(16)13-4-3-9-15(14(13)17)11-5-7-12(18-2)8-6-11/h5-8,13H,3-4,9H2,1-2H3/t13-/m0/s1. The largest absolute Gasteiger partial charge is 0.497 e. The molecule has 1 fully saturated rings. The quantitative estimate of drug-likeness (QED) is 0.768. The second kappa shape index (κ2) is 5.21. The Labute approximate surface area is 107 Å². The van der Waals surface area contributed by atoms with Gasteiger partial charge in [0.05, 0.1) is 13.0 Å². The topological polar surface area (TPSA) is 46.6 Å². The van der Waals surface area contributed by atoms with Gasteiger partial charge in [0.2, 0.25) is 5.91 Å². The number of ketones is 1. The molecule has 1 heterocycles. The summed E-state index contributed by atoms with van der Waals surface area (Å²) in [6, 6.07) is 7.33. The lowest BCUT2D eigenvalue weighted by Crippen LogP contribution is -2.43. The van der Waals surface area contributed by atoms with E-state index in [2.05, 4.69) is 0 Å². The van der Waals surface area contributed by atoms with Crippen LogP contribution in [0.1, 0.15) is 19.8 Å². The van der Waals surface area contributed by atoms with Crippen molar-refractivity contribution >= 4 is 17.4 Å². The molecule has 1 saturated heterocycles. The first-order valence-electron chi connectivity index (χ1n) is 6.09. The molecule has 0 bridgehead atoms. The molecule has 1 atom stereocenters. The van der Waals surface area contributed by atoms with Gasteiger partial charge in [0.25, 0.3) is 0 Å². The minimum Gasteiger partial charge on any atom is -0.497 e. The molecule has 2 rings (SSSR count). The third-order valence-electron chi connectivity index (χ3n) is 3.31. The van der Waals surface area contributed by atoms with Crippen LogP contribution in [0.5, 0.6) is 5.75 Å². The summed E-state index contributed by atoms with van der Waals surface area (Å²) in [4.78, 5) is 25.3. The van der Waals surface area contributed by atoms with Crippen LogP contribution >= 0.6 is 0 Å². The minimum atomic E-state index is -0.471. The molecule has 4 heteroatoms. The third kappa shape index (κ3) is 2.37. The molecule has 1 amide bonds. The van der Waals surface area contributed by atoms with E-state index in [9.17, 15) is 9.59 Å². The maximum atomic E-state index is 12.2. The molecule has 1 aliphatic heterocycles. The molecule has 0 N–H and O–H groups in total. The molecule has 0 saturated carbocycles. The average Bonchev–Trinajstić information content (AvgIpc) is 2.39. The molecule has 1 aliphatic rings. The Morgan fingerprint density at radius 2 is 2.00 bits per heavy atom. The molecule has 0 unspecified atom stereocenters. The maximum absolute atomic E-state index is 12.2. The molecule has 0 radical (unpaired) electrons. The Hall–Kier alpha value is -1.84. The van der Waals surface area contributed by atoms with Crippen LogP contribution in [0, 0.1) is 5.92 Å². The summed E-state index contributed by atoms with van der Waals surface area (Å²) in [5, 5.41) is 0. The number of anilines is 1. The van der Waals surface area contributed by atoms with Crippen molar-refractivity contribution in [3.05, 3.63) is 24.3 Å². The fraction of sp³-hybridized carbons (Fsp3) is 0.429. The second-order valence-electron chi connectivity index (χ2n) is 4.49. The number of hydrogen-bond donors (Lipinski definition) is 0. The summed E-state index contributed by atoms with van der Waals surface area (Å²) < 4.78 is 5.09. The monoisotopic (exact) mass is 247 g/mol. The van der Waals surface area contributed by atoms with Crippen molar-refractivity contribution < 1.29 is 14.3 Å². The zero-order valence-electron chi connectivity index (χ0n) is 10.7. The Balaban J connectivity index is 2.21. The molecular weight excluding hydrogens is 230 g/mol. The molecule has 4 nitrogen and oxygen atoms in total. The molecule has 0 spiro atoms. The lowest BCUT2D eigenvalue weighted by atomic mass is 9.93. The number of methoxy groups -OCH3 is 1. The highest BCUT2D eigenvalue weighted by Gasteiger charge is 2.32. The van der Waals surface area contributed by atoms with Gasteiger partial charge in [0.15, 0.2) is 0 Å². The predicted molar refractivity (Wildman–Crippen MR) is 68.8 cm³/mol. The van der Waals surface area contributed by atoms with Crippen molar-refractivity contribution in [2.24, 2.45) is 5.92 Å². The van der Waals surface area contributed by atoms with E-state index in [1.54, 1.807) is 12.0 Å². The van der Waals surface area contributed by atoms with E-state index in [0.29, 0.717) is 13.0 Å². The number of benzene rings is 1. The number of piperidine rings is 1. The molecule has 0 aliphatic carbocycles. The van der Waals surface area contributed by atoms with Crippen LogP contribution in [0.25, 0.3) is 0 Å². The van der Waals surface area contributed by atoms with Gasteiger partial charge in [-0.15, -0.1) is 0 Å². The highest BCUT2D eigenvalue weighted by molar-refractivity contribution is 6.08. The van der Waals surface area contributed by atoms with Gasteiger partial charge in [-0.25, -0.2) is 0 Å². The van der Waals surface area contributed by atoms with Crippen molar-refractivity contribution in [3.63, 3.8) is 0 Å². The number of carbonyl (C=O) groups is 2. The zero-order chi connectivity index (χ0) is 13.1. The summed E-state index contributed by atoms with van der Waals surface area (Å²) in [6.07, 6.45) is 1.53. The van der Waals surface area contributed by atoms with E-state index < -0.39 is 5.92 Å². The fourth-order valence-electron chi connectivity index (χ4n) is 2.27. The summed E-state index contributed by atoms with van der Waals surface area (Å²) in [5.41, 5.74) is 0.826. The Bertz CT molecular complexity index is 453. The van der Waals surface area contributed by atoms with Gasteiger partial charge in [-0.2, -0.15) is 0 Å². The molecule has 1 aromatic rings. The number of hydrogen-bond acceptors (Lipinski definition) is 3. The van der Waals surface area contributed by atoms with Gasteiger partial charge in [-0.1, -0.05) is 0 Å². The molecule has 18 heavy (non-hydrogen) atoms. The van der Waals surface area contributed by atoms with Crippen LogP contribution in [-0.4, -0.2) is 25.3 Å². The number of Topliss-reactive ketones (excluding diaryl/α,β-unsaturated/α-hetero) is 1. The van der Waals surface area contributed by atoms with Crippen molar-refractivity contribution in [1.29, 1.82) is 0 Å². The highest BCUT2D eigenvalue weighted by Crippen LogP contribution is 2.26. The Morgan fingerprint density at radius 1 is 1.33 bits per heavy atom. The van der Waals surface area contributed by atoms with Crippen molar-refractivity contribution in [3.8, 4) is 5.75 Å². The molecule has 0 aromatic heterocycles. The second-order valence-corrected chi connectivity index (χ2v) is 4.49. The van der Waals surface area contributed by atoms with Gasteiger partial charge in [0.1, 0.15) is 11.5 Å². The summed E-state index contributed by atoms with van der Waals surface area (Å²) in [7, 11) is 1.60. The van der Waals surface area contributed by atoms with Gasteiger partial charge >= 0.3 is 0 Å². The number of amides is 1. The fourth-order valence-corrected chi connectivity index (χ4v) is 2.27. The predicted octanol–water partition coefficient (Wildman–Crippen LogP) is 2.03. The summed E-state index contributed by atoms with van der Waals surface area (Å²) in [6.45, 7) is 2.16. The van der Waals surface area contributed by atoms with E-state index in [1.807, 2.05) is 24.3 Å². The normalized spacial score (nSPS) is 19.8. The SMILES string of the molecule is COc1ccc(N2CCC[C@@H](C(C)=O)C2=O)cc1. The van der Waals surface area contributed by atoms with Crippen LogP contribution < -0.4 is 9.64 Å². The lowest BCUT2D eigenvalue weighted by Gasteiger charge is -2.31. The van der Waals surface area contributed by atoms with E-state index >= 15 is 0 Å². The van der Waals surface area contributed by atoms with Gasteiger partial charge < -0.3 is 9.64 Å². The number of nitrogens with zero attached hydrogens (tertiary/aromatic N) is 1. The number of rotatable bonds is 3. The Morgan fingerprint density at radius 3 is 2.56 bits per heavy atom. The van der Waals surface area contributed by atoms with E-state index in [0.717, 1.165) is 17.9 Å². The van der Waals surface area contributed by atoms with Crippen LogP contribution in [0.4, 0.5) is 5.69 Å². The Kier molecular flexibility index (Phi) is 3.65. The molecular formula is C14H17NO3. The highest BCUT2D eigenvalue weighted by atomic mass is 16.5. The van der Waals surface area contributed by atoms with Crippen LogP contribution in [-0.2, 0) is 9.59 Å². The first-order chi connectivity index (χ1) is 8.63. The molecule has 96 valence electrons. The summed E-state index contributed by atoms with van der Waals surface area (Å²) >= 11 is 0. The summed E-state index contributed by atoms with van der Waals surface area (Å²) in [5.74, 6) is 0.157.